The van der Waals surface area contributed by atoms with Crippen LogP contribution in [-0.2, 0) is 4.79 Å². The van der Waals surface area contributed by atoms with Gasteiger partial charge in [-0.25, -0.2) is 0 Å². The molecule has 81 valence electrons. The summed E-state index contributed by atoms with van der Waals surface area (Å²) in [6.07, 6.45) is 12.0. The Morgan fingerprint density at radius 2 is 1.93 bits per heavy atom. The van der Waals surface area contributed by atoms with Gasteiger partial charge in [-0.05, 0) is 19.3 Å². The zero-order chi connectivity index (χ0) is 10.2. The summed E-state index contributed by atoms with van der Waals surface area (Å²) in [7, 11) is 0. The van der Waals surface area contributed by atoms with Crippen LogP contribution >= 0.6 is 0 Å². The van der Waals surface area contributed by atoms with Crippen molar-refractivity contribution in [3.8, 4) is 0 Å². The third kappa shape index (κ3) is 3.69. The van der Waals surface area contributed by atoms with Crippen LogP contribution in [0.15, 0.2) is 0 Å². The lowest BCUT2D eigenvalue weighted by Crippen LogP contribution is -2.36. The topological polar surface area (TPSA) is 20.3 Å². The summed E-state index contributed by atoms with van der Waals surface area (Å²) in [5.74, 6) is 0. The van der Waals surface area contributed by atoms with Gasteiger partial charge in [-0.15, -0.1) is 0 Å². The minimum atomic E-state index is 0.498. The lowest BCUT2D eigenvalue weighted by atomic mass is 9.94. The van der Waals surface area contributed by atoms with Crippen molar-refractivity contribution in [3.05, 3.63) is 0 Å². The van der Waals surface area contributed by atoms with Crippen LogP contribution in [0.3, 0.4) is 0 Å². The summed E-state index contributed by atoms with van der Waals surface area (Å²) in [4.78, 5) is 12.7. The van der Waals surface area contributed by atoms with Crippen LogP contribution in [0.4, 0.5) is 0 Å². The lowest BCUT2D eigenvalue weighted by molar-refractivity contribution is 0.230. The Balaban J connectivity index is 2.24. The van der Waals surface area contributed by atoms with Crippen molar-refractivity contribution < 1.29 is 4.79 Å². The Hall–Kier alpha value is -0.530. The van der Waals surface area contributed by atoms with E-state index in [0.717, 1.165) is 13.0 Å². The molecule has 1 fully saturated rings. The maximum Gasteiger partial charge on any atom is 0.312 e. The number of rotatable bonds is 6. The second-order valence-corrected chi connectivity index (χ2v) is 4.28. The molecule has 0 bridgehead atoms. The SMILES string of the molecule is CCCCCN([C]=O)C1CCCCC1. The molecule has 14 heavy (non-hydrogen) atoms. The number of carbonyl (C=O) groups excluding carboxylic acids is 1. The minimum absolute atomic E-state index is 0.498. The smallest absolute Gasteiger partial charge is 0.312 e. The summed E-state index contributed by atoms with van der Waals surface area (Å²) in [6, 6.07) is 0.498. The van der Waals surface area contributed by atoms with Crippen LogP contribution in [0.25, 0.3) is 0 Å². The first kappa shape index (κ1) is 11.5. The van der Waals surface area contributed by atoms with Gasteiger partial charge in [-0.1, -0.05) is 39.0 Å². The average Bonchev–Trinajstić information content (AvgIpc) is 2.26. The summed E-state index contributed by atoms with van der Waals surface area (Å²) in [5.41, 5.74) is 0. The zero-order valence-electron chi connectivity index (χ0n) is 9.30. The molecule has 2 heteroatoms. The maximum atomic E-state index is 10.8. The van der Waals surface area contributed by atoms with Gasteiger partial charge in [-0.3, -0.25) is 4.79 Å². The molecule has 2 nitrogen and oxygen atoms in total. The molecule has 0 unspecified atom stereocenters. The Morgan fingerprint density at radius 3 is 2.50 bits per heavy atom. The van der Waals surface area contributed by atoms with E-state index in [4.69, 9.17) is 0 Å². The summed E-state index contributed by atoms with van der Waals surface area (Å²) in [6.45, 7) is 3.11. The summed E-state index contributed by atoms with van der Waals surface area (Å²) < 4.78 is 0. The van der Waals surface area contributed by atoms with Crippen LogP contribution in [0.1, 0.15) is 58.3 Å². The Kier molecular flexibility index (Phi) is 5.65. The highest BCUT2D eigenvalue weighted by Gasteiger charge is 2.19. The first-order chi connectivity index (χ1) is 6.88. The molecule has 0 atom stereocenters. The van der Waals surface area contributed by atoms with E-state index in [1.54, 1.807) is 0 Å². The molecule has 1 amide bonds. The predicted octanol–water partition coefficient (Wildman–Crippen LogP) is 2.88. The number of amides is 1. The molecule has 0 aromatic heterocycles. The van der Waals surface area contributed by atoms with E-state index in [1.807, 2.05) is 4.90 Å². The fourth-order valence-electron chi connectivity index (χ4n) is 2.23. The first-order valence-corrected chi connectivity index (χ1v) is 6.03. The van der Waals surface area contributed by atoms with Gasteiger partial charge in [0.25, 0.3) is 0 Å². The van der Waals surface area contributed by atoms with Gasteiger partial charge in [0.15, 0.2) is 0 Å². The Labute approximate surface area is 87.7 Å². The number of hydrogen-bond acceptors (Lipinski definition) is 1. The van der Waals surface area contributed by atoms with Crippen molar-refractivity contribution in [1.29, 1.82) is 0 Å². The average molecular weight is 196 g/mol. The third-order valence-corrected chi connectivity index (χ3v) is 3.14. The second-order valence-electron chi connectivity index (χ2n) is 4.28. The van der Waals surface area contributed by atoms with E-state index >= 15 is 0 Å². The van der Waals surface area contributed by atoms with Crippen molar-refractivity contribution in [2.24, 2.45) is 0 Å². The Morgan fingerprint density at radius 1 is 1.21 bits per heavy atom. The summed E-state index contributed by atoms with van der Waals surface area (Å²) >= 11 is 0. The van der Waals surface area contributed by atoms with E-state index in [9.17, 15) is 4.79 Å². The zero-order valence-corrected chi connectivity index (χ0v) is 9.30. The first-order valence-electron chi connectivity index (χ1n) is 6.03. The van der Waals surface area contributed by atoms with Gasteiger partial charge >= 0.3 is 6.41 Å². The summed E-state index contributed by atoms with van der Waals surface area (Å²) in [5, 5.41) is 0. The van der Waals surface area contributed by atoms with E-state index in [2.05, 4.69) is 13.3 Å². The lowest BCUT2D eigenvalue weighted by Gasteiger charge is -2.30. The molecule has 1 aliphatic carbocycles. The fraction of sp³-hybridized carbons (Fsp3) is 0.917. The number of nitrogens with zero attached hydrogens (tertiary/aromatic N) is 1. The molecule has 0 spiro atoms. The number of hydrogen-bond donors (Lipinski definition) is 0. The van der Waals surface area contributed by atoms with Crippen molar-refractivity contribution in [2.45, 2.75) is 64.3 Å². The third-order valence-electron chi connectivity index (χ3n) is 3.14. The van der Waals surface area contributed by atoms with Crippen LogP contribution in [0.2, 0.25) is 0 Å². The molecule has 0 aromatic rings. The monoisotopic (exact) mass is 196 g/mol. The molecule has 1 rings (SSSR count). The van der Waals surface area contributed by atoms with Gasteiger partial charge in [0.1, 0.15) is 0 Å². The van der Waals surface area contributed by atoms with E-state index in [-0.39, 0.29) is 0 Å². The molecular weight excluding hydrogens is 174 g/mol. The van der Waals surface area contributed by atoms with Crippen molar-refractivity contribution in [3.63, 3.8) is 0 Å². The van der Waals surface area contributed by atoms with Gasteiger partial charge in [0, 0.05) is 12.6 Å². The molecule has 1 saturated carbocycles. The largest absolute Gasteiger partial charge is 0.331 e. The minimum Gasteiger partial charge on any atom is -0.331 e. The highest BCUT2D eigenvalue weighted by Crippen LogP contribution is 2.21. The predicted molar refractivity (Wildman–Crippen MR) is 58.8 cm³/mol. The van der Waals surface area contributed by atoms with Gasteiger partial charge in [0.2, 0.25) is 0 Å². The molecule has 0 N–H and O–H groups in total. The van der Waals surface area contributed by atoms with Crippen LogP contribution in [0.5, 0.6) is 0 Å². The van der Waals surface area contributed by atoms with Gasteiger partial charge < -0.3 is 4.90 Å². The van der Waals surface area contributed by atoms with Crippen molar-refractivity contribution >= 4 is 6.41 Å². The molecule has 0 aromatic carbocycles. The van der Waals surface area contributed by atoms with Gasteiger partial charge in [-0.2, -0.15) is 0 Å². The molecule has 0 aliphatic heterocycles. The highest BCUT2D eigenvalue weighted by molar-refractivity contribution is 5.48. The molecular formula is C12H22NO. The van der Waals surface area contributed by atoms with Crippen LogP contribution in [-0.4, -0.2) is 23.9 Å². The normalized spacial score (nSPS) is 18.1. The van der Waals surface area contributed by atoms with E-state index in [0.29, 0.717) is 6.04 Å². The fourth-order valence-corrected chi connectivity index (χ4v) is 2.23. The Bertz CT molecular complexity index is 152. The molecule has 1 aliphatic rings. The highest BCUT2D eigenvalue weighted by atomic mass is 16.1. The van der Waals surface area contributed by atoms with Gasteiger partial charge in [0.05, 0.1) is 0 Å². The number of unbranched alkanes of at least 4 members (excludes halogenated alkanes) is 2. The molecule has 1 radical (unpaired) electrons. The quantitative estimate of drug-likeness (QED) is 0.472. The van der Waals surface area contributed by atoms with E-state index in [1.165, 1.54) is 44.9 Å². The standard InChI is InChI=1S/C12H22NO/c1-2-3-7-10-13(11-14)12-8-5-4-6-9-12/h12H,2-10H2,1H3. The van der Waals surface area contributed by atoms with Crippen LogP contribution in [0, 0.1) is 0 Å². The maximum absolute atomic E-state index is 10.8. The molecule has 0 heterocycles. The van der Waals surface area contributed by atoms with Crippen molar-refractivity contribution in [2.75, 3.05) is 6.54 Å². The second kappa shape index (κ2) is 6.86. The van der Waals surface area contributed by atoms with E-state index < -0.39 is 0 Å². The molecule has 0 saturated heterocycles. The van der Waals surface area contributed by atoms with Crippen molar-refractivity contribution in [1.82, 2.24) is 4.90 Å². The van der Waals surface area contributed by atoms with Crippen LogP contribution < -0.4 is 0 Å².